The highest BCUT2D eigenvalue weighted by Crippen LogP contribution is 2.09. The summed E-state index contributed by atoms with van der Waals surface area (Å²) >= 11 is 0. The summed E-state index contributed by atoms with van der Waals surface area (Å²) in [5.41, 5.74) is 3.53. The maximum absolute atomic E-state index is 12.0. The van der Waals surface area contributed by atoms with Gasteiger partial charge in [-0.05, 0) is 31.9 Å². The molecule has 0 bridgehead atoms. The molecule has 116 valence electrons. The first-order valence-electron chi connectivity index (χ1n) is 7.52. The van der Waals surface area contributed by atoms with Crippen molar-refractivity contribution in [3.63, 3.8) is 0 Å². The van der Waals surface area contributed by atoms with E-state index in [0.29, 0.717) is 24.7 Å². The maximum Gasteiger partial charge on any atom is 0.270 e. The molecule has 0 aliphatic rings. The molecule has 0 unspecified atom stereocenters. The van der Waals surface area contributed by atoms with Crippen molar-refractivity contribution >= 4 is 11.9 Å². The van der Waals surface area contributed by atoms with Gasteiger partial charge in [-0.25, -0.2) is 9.97 Å². The predicted octanol–water partition coefficient (Wildman–Crippen LogP) is 2.85. The van der Waals surface area contributed by atoms with Crippen LogP contribution in [0.3, 0.4) is 0 Å². The van der Waals surface area contributed by atoms with Crippen molar-refractivity contribution in [2.24, 2.45) is 0 Å². The van der Waals surface area contributed by atoms with E-state index in [4.69, 9.17) is 0 Å². The lowest BCUT2D eigenvalue weighted by molar-refractivity contribution is 0.0948. The minimum absolute atomic E-state index is 0.161. The van der Waals surface area contributed by atoms with Gasteiger partial charge in [-0.15, -0.1) is 0 Å². The molecule has 0 aliphatic heterocycles. The van der Waals surface area contributed by atoms with Gasteiger partial charge in [-0.2, -0.15) is 0 Å². The van der Waals surface area contributed by atoms with Crippen LogP contribution in [0.15, 0.2) is 30.3 Å². The Bertz CT molecular complexity index is 655. The number of nitrogens with one attached hydrogen (secondary N) is 2. The van der Waals surface area contributed by atoms with E-state index >= 15 is 0 Å². The van der Waals surface area contributed by atoms with Crippen LogP contribution in [0, 0.1) is 13.8 Å². The highest BCUT2D eigenvalue weighted by Gasteiger charge is 2.09. The Morgan fingerprint density at radius 2 is 2.00 bits per heavy atom. The lowest BCUT2D eigenvalue weighted by Gasteiger charge is -2.09. The highest BCUT2D eigenvalue weighted by atomic mass is 16.1. The molecule has 1 heterocycles. The van der Waals surface area contributed by atoms with Crippen LogP contribution in [-0.4, -0.2) is 22.4 Å². The summed E-state index contributed by atoms with van der Waals surface area (Å²) in [7, 11) is 0. The average molecular weight is 298 g/mol. The molecule has 0 radical (unpaired) electrons. The van der Waals surface area contributed by atoms with Crippen LogP contribution in [0.1, 0.15) is 40.7 Å². The molecule has 22 heavy (non-hydrogen) atoms. The molecule has 1 amide bonds. The van der Waals surface area contributed by atoms with Gasteiger partial charge in [0.2, 0.25) is 5.95 Å². The van der Waals surface area contributed by atoms with E-state index in [1.54, 1.807) is 6.07 Å². The Kier molecular flexibility index (Phi) is 5.47. The van der Waals surface area contributed by atoms with E-state index in [9.17, 15) is 4.79 Å². The van der Waals surface area contributed by atoms with Gasteiger partial charge in [-0.3, -0.25) is 4.79 Å². The lowest BCUT2D eigenvalue weighted by atomic mass is 10.1. The molecule has 0 saturated heterocycles. The van der Waals surface area contributed by atoms with E-state index < -0.39 is 0 Å². The molecule has 1 aromatic carbocycles. The average Bonchev–Trinajstić information content (AvgIpc) is 2.50. The van der Waals surface area contributed by atoms with Crippen molar-refractivity contribution in [3.05, 3.63) is 52.8 Å². The Morgan fingerprint density at radius 1 is 1.18 bits per heavy atom. The number of hydrogen-bond acceptors (Lipinski definition) is 4. The molecule has 0 fully saturated rings. The number of carbonyl (C=O) groups is 1. The topological polar surface area (TPSA) is 66.9 Å². The number of rotatable bonds is 6. The van der Waals surface area contributed by atoms with Gasteiger partial charge < -0.3 is 10.6 Å². The van der Waals surface area contributed by atoms with Gasteiger partial charge in [0.05, 0.1) is 0 Å². The van der Waals surface area contributed by atoms with Crippen LogP contribution in [0.5, 0.6) is 0 Å². The lowest BCUT2D eigenvalue weighted by Crippen LogP contribution is -2.25. The number of amides is 1. The van der Waals surface area contributed by atoms with E-state index in [0.717, 1.165) is 17.7 Å². The number of benzene rings is 1. The fourth-order valence-electron chi connectivity index (χ4n) is 2.10. The van der Waals surface area contributed by atoms with Gasteiger partial charge in [0.15, 0.2) is 0 Å². The zero-order valence-electron chi connectivity index (χ0n) is 13.3. The Hall–Kier alpha value is -2.43. The molecule has 5 heteroatoms. The van der Waals surface area contributed by atoms with Crippen LogP contribution in [0.4, 0.5) is 5.95 Å². The summed E-state index contributed by atoms with van der Waals surface area (Å²) in [4.78, 5) is 20.6. The number of hydrogen-bond donors (Lipinski definition) is 2. The first kappa shape index (κ1) is 15.9. The van der Waals surface area contributed by atoms with Crippen molar-refractivity contribution in [1.29, 1.82) is 0 Å². The van der Waals surface area contributed by atoms with Gasteiger partial charge in [-0.1, -0.05) is 36.8 Å². The summed E-state index contributed by atoms with van der Waals surface area (Å²) < 4.78 is 0. The fraction of sp³-hybridized carbons (Fsp3) is 0.353. The summed E-state index contributed by atoms with van der Waals surface area (Å²) in [6.45, 7) is 7.20. The summed E-state index contributed by atoms with van der Waals surface area (Å²) in [5.74, 6) is 0.314. The summed E-state index contributed by atoms with van der Waals surface area (Å²) in [6.07, 6.45) is 0.897. The normalized spacial score (nSPS) is 10.3. The molecule has 0 atom stereocenters. The molecular weight excluding hydrogens is 276 g/mol. The van der Waals surface area contributed by atoms with Gasteiger partial charge in [0, 0.05) is 18.8 Å². The Balaban J connectivity index is 2.07. The van der Waals surface area contributed by atoms with E-state index in [1.165, 1.54) is 5.56 Å². The van der Waals surface area contributed by atoms with Crippen molar-refractivity contribution in [3.8, 4) is 0 Å². The Morgan fingerprint density at radius 3 is 2.73 bits per heavy atom. The van der Waals surface area contributed by atoms with Crippen LogP contribution in [0.2, 0.25) is 0 Å². The van der Waals surface area contributed by atoms with E-state index in [1.807, 2.05) is 26.0 Å². The van der Waals surface area contributed by atoms with Crippen LogP contribution >= 0.6 is 0 Å². The SMILES string of the molecule is CCCNC(=O)c1cc(C)nc(NCc2cccc(C)c2)n1. The van der Waals surface area contributed by atoms with E-state index in [-0.39, 0.29) is 5.91 Å². The molecule has 2 N–H and O–H groups in total. The zero-order chi connectivity index (χ0) is 15.9. The zero-order valence-corrected chi connectivity index (χ0v) is 13.3. The monoisotopic (exact) mass is 298 g/mol. The van der Waals surface area contributed by atoms with Gasteiger partial charge in [0.25, 0.3) is 5.91 Å². The number of aryl methyl sites for hydroxylation is 2. The van der Waals surface area contributed by atoms with Crippen molar-refractivity contribution in [2.45, 2.75) is 33.7 Å². The first-order valence-corrected chi connectivity index (χ1v) is 7.52. The molecule has 2 aromatic rings. The van der Waals surface area contributed by atoms with Gasteiger partial charge in [0.1, 0.15) is 5.69 Å². The first-order chi connectivity index (χ1) is 10.6. The number of carbonyl (C=O) groups excluding carboxylic acids is 1. The molecule has 1 aromatic heterocycles. The standard InChI is InChI=1S/C17H22N4O/c1-4-8-18-16(22)15-10-13(3)20-17(21-15)19-11-14-7-5-6-12(2)9-14/h5-7,9-10H,4,8,11H2,1-3H3,(H,18,22)(H,19,20,21). The van der Waals surface area contributed by atoms with Crippen LogP contribution < -0.4 is 10.6 Å². The van der Waals surface area contributed by atoms with Crippen molar-refractivity contribution in [2.75, 3.05) is 11.9 Å². The molecule has 0 saturated carbocycles. The van der Waals surface area contributed by atoms with Crippen molar-refractivity contribution in [1.82, 2.24) is 15.3 Å². The molecule has 2 rings (SSSR count). The smallest absolute Gasteiger partial charge is 0.270 e. The number of aromatic nitrogens is 2. The Labute approximate surface area is 131 Å². The second-order valence-electron chi connectivity index (χ2n) is 5.32. The maximum atomic E-state index is 12.0. The minimum atomic E-state index is -0.161. The fourth-order valence-corrected chi connectivity index (χ4v) is 2.10. The third kappa shape index (κ3) is 4.55. The molecule has 0 aliphatic carbocycles. The largest absolute Gasteiger partial charge is 0.351 e. The highest BCUT2D eigenvalue weighted by molar-refractivity contribution is 5.92. The van der Waals surface area contributed by atoms with Crippen molar-refractivity contribution < 1.29 is 4.79 Å². The molecule has 0 spiro atoms. The number of anilines is 1. The second-order valence-corrected chi connectivity index (χ2v) is 5.32. The third-order valence-corrected chi connectivity index (χ3v) is 3.16. The molecular formula is C17H22N4O. The third-order valence-electron chi connectivity index (χ3n) is 3.16. The van der Waals surface area contributed by atoms with E-state index in [2.05, 4.69) is 39.7 Å². The van der Waals surface area contributed by atoms with Crippen LogP contribution in [-0.2, 0) is 6.54 Å². The quantitative estimate of drug-likeness (QED) is 0.860. The molecule has 5 nitrogen and oxygen atoms in total. The predicted molar refractivity (Wildman–Crippen MR) is 87.9 cm³/mol. The second kappa shape index (κ2) is 7.54. The summed E-state index contributed by atoms with van der Waals surface area (Å²) in [6, 6.07) is 9.93. The minimum Gasteiger partial charge on any atom is -0.351 e. The summed E-state index contributed by atoms with van der Waals surface area (Å²) in [5, 5.41) is 6.01. The van der Waals surface area contributed by atoms with Gasteiger partial charge >= 0.3 is 0 Å². The number of nitrogens with zero attached hydrogens (tertiary/aromatic N) is 2. The van der Waals surface area contributed by atoms with Crippen LogP contribution in [0.25, 0.3) is 0 Å².